The number of rotatable bonds is 5. The van der Waals surface area contributed by atoms with E-state index >= 15 is 0 Å². The fourth-order valence-electron chi connectivity index (χ4n) is 3.48. The quantitative estimate of drug-likeness (QED) is 0.653. The maximum absolute atomic E-state index is 13.0. The number of hydrogen-bond acceptors (Lipinski definition) is 5. The highest BCUT2D eigenvalue weighted by Crippen LogP contribution is 2.32. The summed E-state index contributed by atoms with van der Waals surface area (Å²) in [6.45, 7) is 1.05. The number of hydrogen-bond donors (Lipinski definition) is 1. The SMILES string of the molecule is COc1ccc(S(=O)(=O)N2CCCCC2)cc1NC(=O)c1cc2ccccc2s1. The Kier molecular flexibility index (Phi) is 5.58. The van der Waals surface area contributed by atoms with Crippen LogP contribution in [0.3, 0.4) is 0 Å². The number of methoxy groups -OCH3 is 1. The smallest absolute Gasteiger partial charge is 0.265 e. The highest BCUT2D eigenvalue weighted by Gasteiger charge is 2.27. The molecule has 0 radical (unpaired) electrons. The summed E-state index contributed by atoms with van der Waals surface area (Å²) in [6, 6.07) is 14.2. The lowest BCUT2D eigenvalue weighted by Gasteiger charge is -2.26. The zero-order valence-electron chi connectivity index (χ0n) is 16.1. The van der Waals surface area contributed by atoms with E-state index in [1.165, 1.54) is 34.9 Å². The summed E-state index contributed by atoms with van der Waals surface area (Å²) in [5.41, 5.74) is 0.341. The van der Waals surface area contributed by atoms with Gasteiger partial charge in [0.25, 0.3) is 5.91 Å². The van der Waals surface area contributed by atoms with Crippen LogP contribution in [-0.2, 0) is 10.0 Å². The molecule has 1 aliphatic rings. The number of sulfonamides is 1. The molecular weight excluding hydrogens is 408 g/mol. The second-order valence-corrected chi connectivity index (χ2v) is 9.95. The molecule has 0 bridgehead atoms. The third-order valence-corrected chi connectivity index (χ3v) is 8.03. The molecule has 4 rings (SSSR count). The number of fused-ring (bicyclic) bond motifs is 1. The van der Waals surface area contributed by atoms with Crippen LogP contribution in [0.1, 0.15) is 28.9 Å². The van der Waals surface area contributed by atoms with Crippen LogP contribution in [-0.4, -0.2) is 38.8 Å². The number of thiophene rings is 1. The van der Waals surface area contributed by atoms with Crippen molar-refractivity contribution in [3.05, 3.63) is 53.4 Å². The first kappa shape index (κ1) is 19.9. The molecule has 0 unspecified atom stereocenters. The number of anilines is 1. The van der Waals surface area contributed by atoms with Crippen LogP contribution in [0.15, 0.2) is 53.4 Å². The molecule has 3 aromatic rings. The zero-order valence-corrected chi connectivity index (χ0v) is 17.7. The van der Waals surface area contributed by atoms with Gasteiger partial charge in [-0.1, -0.05) is 24.6 Å². The maximum Gasteiger partial charge on any atom is 0.265 e. The minimum Gasteiger partial charge on any atom is -0.495 e. The van der Waals surface area contributed by atoms with Gasteiger partial charge >= 0.3 is 0 Å². The normalized spacial score (nSPS) is 15.3. The van der Waals surface area contributed by atoms with Crippen molar-refractivity contribution in [3.8, 4) is 5.75 Å². The van der Waals surface area contributed by atoms with Gasteiger partial charge < -0.3 is 10.1 Å². The summed E-state index contributed by atoms with van der Waals surface area (Å²) >= 11 is 1.39. The van der Waals surface area contributed by atoms with E-state index in [4.69, 9.17) is 4.74 Å². The Balaban J connectivity index is 1.63. The van der Waals surface area contributed by atoms with Crippen LogP contribution >= 0.6 is 11.3 Å². The highest BCUT2D eigenvalue weighted by molar-refractivity contribution is 7.89. The molecule has 6 nitrogen and oxygen atoms in total. The summed E-state index contributed by atoms with van der Waals surface area (Å²) in [4.78, 5) is 13.5. The predicted octanol–water partition coefficient (Wildman–Crippen LogP) is 4.34. The average Bonchev–Trinajstić information content (AvgIpc) is 3.19. The lowest BCUT2D eigenvalue weighted by Crippen LogP contribution is -2.35. The lowest BCUT2D eigenvalue weighted by molar-refractivity contribution is 0.103. The number of carbonyl (C=O) groups is 1. The number of nitrogens with zero attached hydrogens (tertiary/aromatic N) is 1. The second kappa shape index (κ2) is 8.14. The van der Waals surface area contributed by atoms with Gasteiger partial charge in [-0.3, -0.25) is 4.79 Å². The van der Waals surface area contributed by atoms with Crippen molar-refractivity contribution < 1.29 is 17.9 Å². The predicted molar refractivity (Wildman–Crippen MR) is 115 cm³/mol. The van der Waals surface area contributed by atoms with Crippen molar-refractivity contribution in [1.29, 1.82) is 0 Å². The van der Waals surface area contributed by atoms with E-state index in [9.17, 15) is 13.2 Å². The van der Waals surface area contributed by atoms with Gasteiger partial charge in [0.2, 0.25) is 10.0 Å². The van der Waals surface area contributed by atoms with Crippen LogP contribution in [0.5, 0.6) is 5.75 Å². The van der Waals surface area contributed by atoms with Gasteiger partial charge in [-0.05, 0) is 48.6 Å². The van der Waals surface area contributed by atoms with Crippen molar-refractivity contribution >= 4 is 43.0 Å². The van der Waals surface area contributed by atoms with Crippen molar-refractivity contribution in [1.82, 2.24) is 4.31 Å². The third kappa shape index (κ3) is 4.01. The van der Waals surface area contributed by atoms with Crippen molar-refractivity contribution in [3.63, 3.8) is 0 Å². The first-order valence-corrected chi connectivity index (χ1v) is 11.7. The van der Waals surface area contributed by atoms with Crippen LogP contribution < -0.4 is 10.1 Å². The molecule has 1 aromatic heterocycles. The van der Waals surface area contributed by atoms with Crippen molar-refractivity contribution in [2.45, 2.75) is 24.2 Å². The molecule has 0 aliphatic carbocycles. The van der Waals surface area contributed by atoms with Crippen LogP contribution in [0, 0.1) is 0 Å². The molecule has 29 heavy (non-hydrogen) atoms. The van der Waals surface area contributed by atoms with Gasteiger partial charge in [0.1, 0.15) is 5.75 Å². The monoisotopic (exact) mass is 430 g/mol. The molecule has 8 heteroatoms. The molecule has 0 saturated carbocycles. The molecular formula is C21H22N2O4S2. The summed E-state index contributed by atoms with van der Waals surface area (Å²) in [5.74, 6) is 0.120. The van der Waals surface area contributed by atoms with Gasteiger partial charge in [-0.2, -0.15) is 4.31 Å². The molecule has 0 spiro atoms. The number of nitrogens with one attached hydrogen (secondary N) is 1. The summed E-state index contributed by atoms with van der Waals surface area (Å²) in [5, 5.41) is 3.81. The number of carbonyl (C=O) groups excluding carboxylic acids is 1. The number of piperidine rings is 1. The number of benzene rings is 2. The summed E-state index contributed by atoms with van der Waals surface area (Å²) in [6.07, 6.45) is 2.78. The molecule has 1 saturated heterocycles. The lowest BCUT2D eigenvalue weighted by atomic mass is 10.2. The van der Waals surface area contributed by atoms with Gasteiger partial charge in [0.15, 0.2) is 0 Å². The van der Waals surface area contributed by atoms with E-state index in [1.54, 1.807) is 6.07 Å². The minimum absolute atomic E-state index is 0.159. The minimum atomic E-state index is -3.60. The van der Waals surface area contributed by atoms with E-state index in [1.807, 2.05) is 30.3 Å². The average molecular weight is 431 g/mol. The Morgan fingerprint density at radius 3 is 2.55 bits per heavy atom. The van der Waals surface area contributed by atoms with Crippen LogP contribution in [0.4, 0.5) is 5.69 Å². The van der Waals surface area contributed by atoms with Gasteiger partial charge in [-0.15, -0.1) is 11.3 Å². The standard InChI is InChI=1S/C21H22N2O4S2/c1-27-18-10-9-16(29(25,26)23-11-5-2-6-12-23)14-17(18)22-21(24)20-13-15-7-3-4-8-19(15)28-20/h3-4,7-10,13-14H,2,5-6,11-12H2,1H3,(H,22,24). The zero-order chi connectivity index (χ0) is 20.4. The maximum atomic E-state index is 13.0. The molecule has 1 N–H and O–H groups in total. The molecule has 152 valence electrons. The summed E-state index contributed by atoms with van der Waals surface area (Å²) in [7, 11) is -2.11. The number of amides is 1. The van der Waals surface area contributed by atoms with Gasteiger partial charge in [0.05, 0.1) is 22.6 Å². The largest absolute Gasteiger partial charge is 0.495 e. The first-order chi connectivity index (χ1) is 14.0. The van der Waals surface area contributed by atoms with E-state index in [-0.39, 0.29) is 10.8 Å². The van der Waals surface area contributed by atoms with Crippen molar-refractivity contribution in [2.24, 2.45) is 0 Å². The Hall–Kier alpha value is -2.42. The van der Waals surface area contributed by atoms with Crippen LogP contribution in [0.2, 0.25) is 0 Å². The Morgan fingerprint density at radius 2 is 1.83 bits per heavy atom. The second-order valence-electron chi connectivity index (χ2n) is 6.93. The Bertz CT molecular complexity index is 1120. The number of ether oxygens (including phenoxy) is 1. The van der Waals surface area contributed by atoms with E-state index in [0.29, 0.717) is 29.4 Å². The van der Waals surface area contributed by atoms with Crippen LogP contribution in [0.25, 0.3) is 10.1 Å². The molecule has 2 heterocycles. The van der Waals surface area contributed by atoms with Gasteiger partial charge in [0, 0.05) is 17.8 Å². The Labute approximate surface area is 174 Å². The molecule has 1 fully saturated rings. The molecule has 2 aromatic carbocycles. The fraction of sp³-hybridized carbons (Fsp3) is 0.286. The van der Waals surface area contributed by atoms with Gasteiger partial charge in [-0.25, -0.2) is 8.42 Å². The van der Waals surface area contributed by atoms with E-state index in [0.717, 1.165) is 29.3 Å². The third-order valence-electron chi connectivity index (χ3n) is 5.02. The fourth-order valence-corrected chi connectivity index (χ4v) is 5.98. The van der Waals surface area contributed by atoms with E-state index in [2.05, 4.69) is 5.32 Å². The molecule has 1 aliphatic heterocycles. The topological polar surface area (TPSA) is 75.7 Å². The highest BCUT2D eigenvalue weighted by atomic mass is 32.2. The van der Waals surface area contributed by atoms with Crippen molar-refractivity contribution in [2.75, 3.05) is 25.5 Å². The van der Waals surface area contributed by atoms with E-state index < -0.39 is 10.0 Å². The summed E-state index contributed by atoms with van der Waals surface area (Å²) < 4.78 is 33.8. The molecule has 1 amide bonds. The Morgan fingerprint density at radius 1 is 1.07 bits per heavy atom. The molecule has 0 atom stereocenters. The first-order valence-electron chi connectivity index (χ1n) is 9.47.